The highest BCUT2D eigenvalue weighted by Gasteiger charge is 2.30. The summed E-state index contributed by atoms with van der Waals surface area (Å²) in [6, 6.07) is 14.1. The van der Waals surface area contributed by atoms with E-state index in [0.29, 0.717) is 31.7 Å². The fourth-order valence-electron chi connectivity index (χ4n) is 3.44. The van der Waals surface area contributed by atoms with Gasteiger partial charge in [0.1, 0.15) is 5.82 Å². The molecule has 0 amide bonds. The number of benzene rings is 2. The van der Waals surface area contributed by atoms with Gasteiger partial charge in [0.05, 0.1) is 10.6 Å². The van der Waals surface area contributed by atoms with Gasteiger partial charge in [-0.05, 0) is 30.2 Å². The molecule has 1 aliphatic rings. The van der Waals surface area contributed by atoms with Crippen molar-refractivity contribution >= 4 is 26.5 Å². The normalized spacial score (nSPS) is 15.6. The van der Waals surface area contributed by atoms with Crippen molar-refractivity contribution in [3.63, 3.8) is 0 Å². The molecule has 2 aromatic carbocycles. The van der Waals surface area contributed by atoms with Gasteiger partial charge in [-0.25, -0.2) is 17.8 Å². The third kappa shape index (κ3) is 4.34. The maximum absolute atomic E-state index is 13.6. The molecule has 0 bridgehead atoms. The van der Waals surface area contributed by atoms with Gasteiger partial charge in [0.15, 0.2) is 5.13 Å². The number of sulfonamides is 1. The van der Waals surface area contributed by atoms with Crippen LogP contribution in [-0.4, -0.2) is 43.9 Å². The first-order valence-electron chi connectivity index (χ1n) is 9.43. The summed E-state index contributed by atoms with van der Waals surface area (Å²) in [5.74, 6) is -0.540. The van der Waals surface area contributed by atoms with Crippen molar-refractivity contribution in [1.82, 2.24) is 9.29 Å². The minimum atomic E-state index is -3.71. The third-order valence-corrected chi connectivity index (χ3v) is 8.04. The molecule has 1 aromatic heterocycles. The van der Waals surface area contributed by atoms with Crippen LogP contribution in [0.1, 0.15) is 16.8 Å². The van der Waals surface area contributed by atoms with E-state index in [1.165, 1.54) is 22.0 Å². The summed E-state index contributed by atoms with van der Waals surface area (Å²) in [5, 5.41) is 2.97. The standard InChI is InChI=1S/C21H22FN3O2S2/c1-16-7-8-18(22)14-20(16)29(26,27)25-11-9-24(10-12-25)21-23-19(15-28-21)13-17-5-3-2-4-6-17/h2-8,14-15H,9-13H2,1H3. The molecular formula is C21H22FN3O2S2. The lowest BCUT2D eigenvalue weighted by Gasteiger charge is -2.34. The lowest BCUT2D eigenvalue weighted by Crippen LogP contribution is -2.48. The van der Waals surface area contributed by atoms with Crippen LogP contribution in [0.3, 0.4) is 0 Å². The van der Waals surface area contributed by atoms with E-state index in [2.05, 4.69) is 22.4 Å². The number of hydrogen-bond donors (Lipinski definition) is 0. The summed E-state index contributed by atoms with van der Waals surface area (Å²) >= 11 is 1.58. The second kappa shape index (κ2) is 8.22. The smallest absolute Gasteiger partial charge is 0.243 e. The first-order valence-corrected chi connectivity index (χ1v) is 11.7. The molecule has 0 unspecified atom stereocenters. The average molecular weight is 432 g/mol. The van der Waals surface area contributed by atoms with Crippen LogP contribution in [-0.2, 0) is 16.4 Å². The van der Waals surface area contributed by atoms with Gasteiger partial charge in [0.2, 0.25) is 10.0 Å². The van der Waals surface area contributed by atoms with Crippen LogP contribution in [0.25, 0.3) is 0 Å². The molecule has 4 rings (SSSR count). The van der Waals surface area contributed by atoms with Crippen LogP contribution in [0.4, 0.5) is 9.52 Å². The number of nitrogens with zero attached hydrogens (tertiary/aromatic N) is 3. The molecule has 152 valence electrons. The molecule has 29 heavy (non-hydrogen) atoms. The first kappa shape index (κ1) is 20.0. The molecule has 2 heterocycles. The van der Waals surface area contributed by atoms with Crippen LogP contribution in [0.15, 0.2) is 58.8 Å². The second-order valence-electron chi connectivity index (χ2n) is 7.08. The Hall–Kier alpha value is -2.29. The van der Waals surface area contributed by atoms with E-state index in [4.69, 9.17) is 4.98 Å². The van der Waals surface area contributed by atoms with Gasteiger partial charge in [-0.2, -0.15) is 4.31 Å². The number of rotatable bonds is 5. The van der Waals surface area contributed by atoms with Crippen molar-refractivity contribution in [1.29, 1.82) is 0 Å². The van der Waals surface area contributed by atoms with Crippen molar-refractivity contribution in [3.8, 4) is 0 Å². The van der Waals surface area contributed by atoms with Gasteiger partial charge in [-0.1, -0.05) is 36.4 Å². The summed E-state index contributed by atoms with van der Waals surface area (Å²) in [4.78, 5) is 6.89. The zero-order valence-corrected chi connectivity index (χ0v) is 17.7. The number of piperazine rings is 1. The quantitative estimate of drug-likeness (QED) is 0.618. The van der Waals surface area contributed by atoms with Gasteiger partial charge in [0.25, 0.3) is 0 Å². The summed E-state index contributed by atoms with van der Waals surface area (Å²) < 4.78 is 40.9. The lowest BCUT2D eigenvalue weighted by molar-refractivity contribution is 0.384. The number of aryl methyl sites for hydroxylation is 1. The Kier molecular flexibility index (Phi) is 5.67. The highest BCUT2D eigenvalue weighted by Crippen LogP contribution is 2.26. The van der Waals surface area contributed by atoms with Gasteiger partial charge in [0, 0.05) is 38.0 Å². The first-order chi connectivity index (χ1) is 13.9. The van der Waals surface area contributed by atoms with Crippen molar-refractivity contribution in [2.24, 2.45) is 0 Å². The van der Waals surface area contributed by atoms with Gasteiger partial charge < -0.3 is 4.90 Å². The molecule has 0 spiro atoms. The largest absolute Gasteiger partial charge is 0.345 e. The summed E-state index contributed by atoms with van der Waals surface area (Å²) in [5.41, 5.74) is 2.78. The van der Waals surface area contributed by atoms with Crippen LogP contribution in [0.2, 0.25) is 0 Å². The van der Waals surface area contributed by atoms with Gasteiger partial charge >= 0.3 is 0 Å². The van der Waals surface area contributed by atoms with E-state index in [-0.39, 0.29) is 4.90 Å². The van der Waals surface area contributed by atoms with Crippen LogP contribution in [0, 0.1) is 12.7 Å². The van der Waals surface area contributed by atoms with E-state index in [1.807, 2.05) is 18.2 Å². The van der Waals surface area contributed by atoms with Gasteiger partial charge in [-0.15, -0.1) is 11.3 Å². The SMILES string of the molecule is Cc1ccc(F)cc1S(=O)(=O)N1CCN(c2nc(Cc3ccccc3)cs2)CC1. The Balaban J connectivity index is 1.42. The molecule has 8 heteroatoms. The minimum Gasteiger partial charge on any atom is -0.345 e. The predicted molar refractivity (Wildman–Crippen MR) is 113 cm³/mol. The highest BCUT2D eigenvalue weighted by atomic mass is 32.2. The van der Waals surface area contributed by atoms with E-state index in [1.54, 1.807) is 18.3 Å². The molecule has 0 saturated carbocycles. The predicted octanol–water partition coefficient (Wildman–Crippen LogP) is 3.69. The van der Waals surface area contributed by atoms with Crippen LogP contribution in [0.5, 0.6) is 0 Å². The molecule has 0 aliphatic carbocycles. The fourth-order valence-corrected chi connectivity index (χ4v) is 5.98. The Morgan fingerprint density at radius 3 is 2.52 bits per heavy atom. The second-order valence-corrected chi connectivity index (χ2v) is 9.83. The molecule has 0 radical (unpaired) electrons. The molecule has 3 aromatic rings. The zero-order chi connectivity index (χ0) is 20.4. The summed E-state index contributed by atoms with van der Waals surface area (Å²) in [6.45, 7) is 3.52. The molecule has 5 nitrogen and oxygen atoms in total. The maximum Gasteiger partial charge on any atom is 0.243 e. The zero-order valence-electron chi connectivity index (χ0n) is 16.1. The lowest BCUT2D eigenvalue weighted by atomic mass is 10.1. The number of aromatic nitrogens is 1. The molecule has 1 aliphatic heterocycles. The summed E-state index contributed by atoms with van der Waals surface area (Å²) in [7, 11) is -3.71. The monoisotopic (exact) mass is 431 g/mol. The molecule has 1 fully saturated rings. The van der Waals surface area contributed by atoms with E-state index in [9.17, 15) is 12.8 Å². The molecule has 1 saturated heterocycles. The topological polar surface area (TPSA) is 53.5 Å². The van der Waals surface area contributed by atoms with Gasteiger partial charge in [-0.3, -0.25) is 0 Å². The van der Waals surface area contributed by atoms with Crippen molar-refractivity contribution in [3.05, 3.63) is 76.5 Å². The van der Waals surface area contributed by atoms with E-state index in [0.717, 1.165) is 23.3 Å². The number of halogens is 1. The van der Waals surface area contributed by atoms with Crippen molar-refractivity contribution in [2.45, 2.75) is 18.2 Å². The Morgan fingerprint density at radius 2 is 1.79 bits per heavy atom. The number of hydrogen-bond acceptors (Lipinski definition) is 5. The maximum atomic E-state index is 13.6. The Morgan fingerprint density at radius 1 is 1.07 bits per heavy atom. The average Bonchev–Trinajstić information content (AvgIpc) is 3.19. The van der Waals surface area contributed by atoms with Crippen molar-refractivity contribution < 1.29 is 12.8 Å². The van der Waals surface area contributed by atoms with Crippen LogP contribution >= 0.6 is 11.3 Å². The van der Waals surface area contributed by atoms with Crippen molar-refractivity contribution in [2.75, 3.05) is 31.1 Å². The van der Waals surface area contributed by atoms with E-state index < -0.39 is 15.8 Å². The number of thiazole rings is 1. The minimum absolute atomic E-state index is 0.0466. The summed E-state index contributed by atoms with van der Waals surface area (Å²) in [6.07, 6.45) is 0.782. The van der Waals surface area contributed by atoms with E-state index >= 15 is 0 Å². The third-order valence-electron chi connectivity index (χ3n) is 5.04. The molecule has 0 atom stereocenters. The number of anilines is 1. The fraction of sp³-hybridized carbons (Fsp3) is 0.286. The Labute approximate surface area is 174 Å². The Bertz CT molecular complexity index is 1090. The van der Waals surface area contributed by atoms with Crippen LogP contribution < -0.4 is 4.90 Å². The molecule has 0 N–H and O–H groups in total. The highest BCUT2D eigenvalue weighted by molar-refractivity contribution is 7.89. The molecular weight excluding hydrogens is 409 g/mol.